The monoisotopic (exact) mass is 439 g/mol. The molecule has 0 aliphatic carbocycles. The maximum Gasteiger partial charge on any atom is 0.224 e. The highest BCUT2D eigenvalue weighted by atomic mass is 16.5. The van der Waals surface area contributed by atoms with Gasteiger partial charge in [-0.3, -0.25) is 4.79 Å². The summed E-state index contributed by atoms with van der Waals surface area (Å²) in [5.41, 5.74) is 6.96. The van der Waals surface area contributed by atoms with Crippen molar-refractivity contribution in [2.75, 3.05) is 6.54 Å². The molecule has 1 unspecified atom stereocenters. The van der Waals surface area contributed by atoms with Crippen LogP contribution < -0.4 is 10.1 Å². The van der Waals surface area contributed by atoms with E-state index in [1.54, 1.807) is 12.4 Å². The van der Waals surface area contributed by atoms with Gasteiger partial charge in [-0.2, -0.15) is 5.10 Å². The first-order valence-corrected chi connectivity index (χ1v) is 11.0. The Bertz CT molecular complexity index is 1290. The van der Waals surface area contributed by atoms with E-state index >= 15 is 0 Å². The minimum Gasteiger partial charge on any atom is -0.488 e. The molecule has 0 spiro atoms. The zero-order valence-electron chi connectivity index (χ0n) is 18.7. The van der Waals surface area contributed by atoms with Crippen molar-refractivity contribution in [3.8, 4) is 22.6 Å². The molecule has 0 saturated heterocycles. The molecular formula is C26H25N5O2. The summed E-state index contributed by atoms with van der Waals surface area (Å²) >= 11 is 0. The molecule has 0 saturated carbocycles. The number of ether oxygens (including phenoxy) is 1. The zero-order chi connectivity index (χ0) is 22.8. The molecule has 1 N–H and O–H groups in total. The Morgan fingerprint density at radius 2 is 1.88 bits per heavy atom. The number of amides is 1. The van der Waals surface area contributed by atoms with Gasteiger partial charge in [0.15, 0.2) is 0 Å². The fourth-order valence-electron chi connectivity index (χ4n) is 4.26. The number of carbonyl (C=O) groups excluding carboxylic acids is 1. The van der Waals surface area contributed by atoms with E-state index in [-0.39, 0.29) is 12.0 Å². The summed E-state index contributed by atoms with van der Waals surface area (Å²) in [6.07, 6.45) is 6.08. The van der Waals surface area contributed by atoms with Crippen molar-refractivity contribution in [2.45, 2.75) is 32.8 Å². The second kappa shape index (κ2) is 8.86. The van der Waals surface area contributed by atoms with Crippen LogP contribution in [0.5, 0.6) is 5.75 Å². The van der Waals surface area contributed by atoms with Gasteiger partial charge in [-0.15, -0.1) is 0 Å². The number of nitrogens with one attached hydrogen (secondary N) is 1. The van der Waals surface area contributed by atoms with Crippen molar-refractivity contribution in [3.63, 3.8) is 0 Å². The molecule has 2 aromatic heterocycles. The van der Waals surface area contributed by atoms with Crippen molar-refractivity contribution >= 4 is 5.91 Å². The Labute approximate surface area is 192 Å². The molecule has 1 atom stereocenters. The van der Waals surface area contributed by atoms with Gasteiger partial charge in [0.2, 0.25) is 5.91 Å². The van der Waals surface area contributed by atoms with E-state index < -0.39 is 0 Å². The zero-order valence-corrected chi connectivity index (χ0v) is 18.7. The van der Waals surface area contributed by atoms with E-state index in [9.17, 15) is 4.79 Å². The molecule has 1 aliphatic rings. The largest absolute Gasteiger partial charge is 0.488 e. The lowest BCUT2D eigenvalue weighted by atomic mass is 10.0. The third-order valence-corrected chi connectivity index (χ3v) is 6.00. The lowest BCUT2D eigenvalue weighted by molar-refractivity contribution is -0.120. The van der Waals surface area contributed by atoms with Crippen LogP contribution in [-0.4, -0.2) is 38.3 Å². The molecule has 33 heavy (non-hydrogen) atoms. The third-order valence-electron chi connectivity index (χ3n) is 6.00. The normalized spacial score (nSPS) is 14.5. The van der Waals surface area contributed by atoms with Crippen molar-refractivity contribution in [2.24, 2.45) is 0 Å². The van der Waals surface area contributed by atoms with Gasteiger partial charge < -0.3 is 10.1 Å². The number of nitrogens with zero attached hydrogens (tertiary/aromatic N) is 4. The average molecular weight is 440 g/mol. The Balaban J connectivity index is 1.20. The Hall–Kier alpha value is -4.00. The summed E-state index contributed by atoms with van der Waals surface area (Å²) in [7, 11) is 0. The molecular weight excluding hydrogens is 414 g/mol. The highest BCUT2D eigenvalue weighted by molar-refractivity contribution is 5.79. The van der Waals surface area contributed by atoms with Gasteiger partial charge >= 0.3 is 0 Å². The highest BCUT2D eigenvalue weighted by Gasteiger charge is 2.24. The van der Waals surface area contributed by atoms with Crippen LogP contribution in [0.3, 0.4) is 0 Å². The molecule has 0 bridgehead atoms. The van der Waals surface area contributed by atoms with Gasteiger partial charge in [0.1, 0.15) is 18.2 Å². The topological polar surface area (TPSA) is 81.9 Å². The predicted octanol–water partition coefficient (Wildman–Crippen LogP) is 3.61. The molecule has 2 aromatic carbocycles. The second-order valence-electron chi connectivity index (χ2n) is 8.27. The molecule has 0 radical (unpaired) electrons. The van der Waals surface area contributed by atoms with Crippen LogP contribution in [0.4, 0.5) is 0 Å². The molecule has 1 amide bonds. The van der Waals surface area contributed by atoms with Gasteiger partial charge in [-0.25, -0.2) is 14.6 Å². The summed E-state index contributed by atoms with van der Waals surface area (Å²) in [4.78, 5) is 20.9. The molecule has 4 aromatic rings. The summed E-state index contributed by atoms with van der Waals surface area (Å²) in [6.45, 7) is 4.41. The van der Waals surface area contributed by atoms with E-state index in [1.165, 1.54) is 6.33 Å². The van der Waals surface area contributed by atoms with E-state index in [2.05, 4.69) is 26.4 Å². The SMILES string of the molecule is Cc1nn(-c2ccccc2)c(C)c1CC(=O)NCC1Cc2cc(-c3cncnc3)ccc2O1. The number of aromatic nitrogens is 4. The first kappa shape index (κ1) is 20.9. The minimum atomic E-state index is -0.0829. The maximum atomic E-state index is 12.7. The first-order valence-electron chi connectivity index (χ1n) is 11.0. The average Bonchev–Trinajstić information content (AvgIpc) is 3.39. The Morgan fingerprint density at radius 3 is 2.67 bits per heavy atom. The van der Waals surface area contributed by atoms with E-state index in [0.29, 0.717) is 13.0 Å². The maximum absolute atomic E-state index is 12.7. The second-order valence-corrected chi connectivity index (χ2v) is 8.27. The highest BCUT2D eigenvalue weighted by Crippen LogP contribution is 2.32. The van der Waals surface area contributed by atoms with Crippen molar-refractivity contribution in [1.29, 1.82) is 0 Å². The summed E-state index contributed by atoms with van der Waals surface area (Å²) in [5.74, 6) is 0.834. The molecule has 1 aliphatic heterocycles. The van der Waals surface area contributed by atoms with Crippen LogP contribution >= 0.6 is 0 Å². The van der Waals surface area contributed by atoms with Crippen molar-refractivity contribution < 1.29 is 9.53 Å². The Morgan fingerprint density at radius 1 is 1.09 bits per heavy atom. The smallest absolute Gasteiger partial charge is 0.224 e. The fourth-order valence-corrected chi connectivity index (χ4v) is 4.26. The summed E-state index contributed by atoms with van der Waals surface area (Å²) in [5, 5.41) is 7.67. The number of fused-ring (bicyclic) bond motifs is 1. The Kier molecular flexibility index (Phi) is 5.60. The molecule has 3 heterocycles. The molecule has 166 valence electrons. The molecule has 7 heteroatoms. The number of hydrogen-bond acceptors (Lipinski definition) is 5. The van der Waals surface area contributed by atoms with Crippen LogP contribution in [0.2, 0.25) is 0 Å². The van der Waals surface area contributed by atoms with Crippen LogP contribution in [0.15, 0.2) is 67.3 Å². The number of carbonyl (C=O) groups is 1. The quantitative estimate of drug-likeness (QED) is 0.496. The van der Waals surface area contributed by atoms with Crippen LogP contribution in [-0.2, 0) is 17.6 Å². The van der Waals surface area contributed by atoms with Crippen LogP contribution in [0.1, 0.15) is 22.5 Å². The minimum absolute atomic E-state index is 0.0320. The van der Waals surface area contributed by atoms with Gasteiger partial charge in [-0.05, 0) is 49.2 Å². The summed E-state index contributed by atoms with van der Waals surface area (Å²) in [6, 6.07) is 16.1. The molecule has 0 fully saturated rings. The standard InChI is InChI=1S/C26H25N5O2/c1-17-24(18(2)31(30-17)22-6-4-3-5-7-22)12-26(32)29-15-23-11-20-10-19(8-9-25(20)33-23)21-13-27-16-28-14-21/h3-10,13-14,16,23H,11-12,15H2,1-2H3,(H,29,32). The first-order chi connectivity index (χ1) is 16.1. The van der Waals surface area contributed by atoms with Crippen molar-refractivity contribution in [1.82, 2.24) is 25.1 Å². The number of hydrogen-bond donors (Lipinski definition) is 1. The lowest BCUT2D eigenvalue weighted by Gasteiger charge is -2.12. The van der Waals surface area contributed by atoms with E-state index in [0.717, 1.165) is 51.5 Å². The predicted molar refractivity (Wildman–Crippen MR) is 125 cm³/mol. The number of para-hydroxylation sites is 1. The molecule has 7 nitrogen and oxygen atoms in total. The van der Waals surface area contributed by atoms with Crippen LogP contribution in [0, 0.1) is 13.8 Å². The number of benzene rings is 2. The molecule has 5 rings (SSSR count). The number of aryl methyl sites for hydroxylation is 1. The lowest BCUT2D eigenvalue weighted by Crippen LogP contribution is -2.35. The number of rotatable bonds is 6. The van der Waals surface area contributed by atoms with Gasteiger partial charge in [-0.1, -0.05) is 24.3 Å². The van der Waals surface area contributed by atoms with Crippen molar-refractivity contribution in [3.05, 3.63) is 89.8 Å². The van der Waals surface area contributed by atoms with E-state index in [4.69, 9.17) is 4.74 Å². The van der Waals surface area contributed by atoms with E-state index in [1.807, 2.05) is 61.0 Å². The van der Waals surface area contributed by atoms with Gasteiger partial charge in [0.05, 0.1) is 24.3 Å². The third kappa shape index (κ3) is 4.35. The summed E-state index contributed by atoms with van der Waals surface area (Å²) < 4.78 is 7.94. The van der Waals surface area contributed by atoms with Gasteiger partial charge in [0.25, 0.3) is 0 Å². The fraction of sp³-hybridized carbons (Fsp3) is 0.231. The van der Waals surface area contributed by atoms with Crippen LogP contribution in [0.25, 0.3) is 16.8 Å². The van der Waals surface area contributed by atoms with Gasteiger partial charge in [0, 0.05) is 35.6 Å².